The van der Waals surface area contributed by atoms with E-state index in [1.807, 2.05) is 56.3 Å². The molecule has 0 aliphatic heterocycles. The van der Waals surface area contributed by atoms with Gasteiger partial charge in [-0.3, -0.25) is 10.1 Å². The predicted octanol–water partition coefficient (Wildman–Crippen LogP) is 4.11. The lowest BCUT2D eigenvalue weighted by Gasteiger charge is -2.03. The Kier molecular flexibility index (Phi) is 3.42. The van der Waals surface area contributed by atoms with Crippen LogP contribution >= 0.6 is 0 Å². The molecule has 0 aliphatic rings. The zero-order chi connectivity index (χ0) is 13.1. The van der Waals surface area contributed by atoms with Crippen molar-refractivity contribution < 1.29 is 4.92 Å². The maximum absolute atomic E-state index is 10.9. The summed E-state index contributed by atoms with van der Waals surface area (Å²) in [5.41, 5.74) is 1.11. The van der Waals surface area contributed by atoms with E-state index in [0.29, 0.717) is 0 Å². The van der Waals surface area contributed by atoms with Gasteiger partial charge in [0, 0.05) is 12.0 Å². The highest BCUT2D eigenvalue weighted by atomic mass is 16.6. The SMILES string of the molecule is CC(C)/C(=C/c1ccc2ccccc2c1)[N+](=O)[O-]. The van der Waals surface area contributed by atoms with E-state index in [1.54, 1.807) is 6.08 Å². The fourth-order valence-corrected chi connectivity index (χ4v) is 1.90. The molecule has 0 radical (unpaired) electrons. The molecule has 0 saturated heterocycles. The minimum Gasteiger partial charge on any atom is -0.259 e. The van der Waals surface area contributed by atoms with Gasteiger partial charge in [0.25, 0.3) is 0 Å². The van der Waals surface area contributed by atoms with Gasteiger partial charge in [0.05, 0.1) is 4.92 Å². The molecule has 0 unspecified atom stereocenters. The number of allylic oxidation sites excluding steroid dienone is 1. The van der Waals surface area contributed by atoms with Crippen molar-refractivity contribution in [2.24, 2.45) is 5.92 Å². The van der Waals surface area contributed by atoms with E-state index in [0.717, 1.165) is 16.3 Å². The van der Waals surface area contributed by atoms with Crippen LogP contribution in [0.1, 0.15) is 19.4 Å². The molecule has 18 heavy (non-hydrogen) atoms. The zero-order valence-corrected chi connectivity index (χ0v) is 10.5. The van der Waals surface area contributed by atoms with Gasteiger partial charge >= 0.3 is 0 Å². The Labute approximate surface area is 106 Å². The van der Waals surface area contributed by atoms with Crippen LogP contribution in [0.4, 0.5) is 0 Å². The van der Waals surface area contributed by atoms with Gasteiger partial charge in [0.1, 0.15) is 0 Å². The third kappa shape index (κ3) is 2.56. The molecule has 92 valence electrons. The van der Waals surface area contributed by atoms with E-state index < -0.39 is 0 Å². The first-order valence-corrected chi connectivity index (χ1v) is 5.92. The van der Waals surface area contributed by atoms with Gasteiger partial charge in [-0.25, -0.2) is 0 Å². The summed E-state index contributed by atoms with van der Waals surface area (Å²) in [7, 11) is 0. The van der Waals surface area contributed by atoms with Crippen molar-refractivity contribution in [2.45, 2.75) is 13.8 Å². The third-order valence-electron chi connectivity index (χ3n) is 2.89. The summed E-state index contributed by atoms with van der Waals surface area (Å²) in [4.78, 5) is 10.6. The normalized spacial score (nSPS) is 12.1. The van der Waals surface area contributed by atoms with Crippen LogP contribution in [-0.2, 0) is 0 Å². The van der Waals surface area contributed by atoms with Gasteiger partial charge in [0.15, 0.2) is 0 Å². The number of rotatable bonds is 3. The lowest BCUT2D eigenvalue weighted by molar-refractivity contribution is -0.431. The topological polar surface area (TPSA) is 43.1 Å². The second-order valence-corrected chi connectivity index (χ2v) is 4.59. The number of nitrogens with zero attached hydrogens (tertiary/aromatic N) is 1. The smallest absolute Gasteiger partial charge is 0.249 e. The number of benzene rings is 2. The Morgan fingerprint density at radius 1 is 1.17 bits per heavy atom. The first kappa shape index (κ1) is 12.3. The van der Waals surface area contributed by atoms with Crippen molar-refractivity contribution in [1.29, 1.82) is 0 Å². The van der Waals surface area contributed by atoms with E-state index >= 15 is 0 Å². The van der Waals surface area contributed by atoms with Gasteiger partial charge < -0.3 is 0 Å². The van der Waals surface area contributed by atoms with Crippen LogP contribution < -0.4 is 0 Å². The minimum absolute atomic E-state index is 0.0912. The van der Waals surface area contributed by atoms with Crippen LogP contribution in [-0.4, -0.2) is 4.92 Å². The Hall–Kier alpha value is -2.16. The van der Waals surface area contributed by atoms with Crippen LogP contribution in [0.5, 0.6) is 0 Å². The summed E-state index contributed by atoms with van der Waals surface area (Å²) in [5, 5.41) is 13.2. The van der Waals surface area contributed by atoms with Gasteiger partial charge in [-0.15, -0.1) is 0 Å². The average Bonchev–Trinajstić information content (AvgIpc) is 2.35. The van der Waals surface area contributed by atoms with Crippen molar-refractivity contribution in [2.75, 3.05) is 0 Å². The molecular formula is C15H15NO2. The third-order valence-corrected chi connectivity index (χ3v) is 2.89. The van der Waals surface area contributed by atoms with Crippen LogP contribution in [0.3, 0.4) is 0 Å². The first-order chi connectivity index (χ1) is 8.58. The van der Waals surface area contributed by atoms with E-state index in [9.17, 15) is 10.1 Å². The molecule has 0 atom stereocenters. The lowest BCUT2D eigenvalue weighted by Crippen LogP contribution is -2.05. The number of hydrogen-bond acceptors (Lipinski definition) is 2. The largest absolute Gasteiger partial charge is 0.259 e. The monoisotopic (exact) mass is 241 g/mol. The predicted molar refractivity (Wildman–Crippen MR) is 73.8 cm³/mol. The molecule has 3 heteroatoms. The summed E-state index contributed by atoms with van der Waals surface area (Å²) in [5.74, 6) is -0.0912. The fraction of sp³-hybridized carbons (Fsp3) is 0.200. The maximum Gasteiger partial charge on any atom is 0.249 e. The van der Waals surface area contributed by atoms with Crippen molar-refractivity contribution in [3.8, 4) is 0 Å². The molecule has 2 aromatic rings. The summed E-state index contributed by atoms with van der Waals surface area (Å²) in [6.45, 7) is 3.66. The molecule has 3 nitrogen and oxygen atoms in total. The summed E-state index contributed by atoms with van der Waals surface area (Å²) in [6.07, 6.45) is 1.65. The molecular weight excluding hydrogens is 226 g/mol. The quantitative estimate of drug-likeness (QED) is 0.599. The van der Waals surface area contributed by atoms with Crippen LogP contribution in [0.2, 0.25) is 0 Å². The molecule has 2 aromatic carbocycles. The molecule has 0 saturated carbocycles. The van der Waals surface area contributed by atoms with Gasteiger partial charge in [0.2, 0.25) is 5.70 Å². The second-order valence-electron chi connectivity index (χ2n) is 4.59. The minimum atomic E-state index is -0.306. The van der Waals surface area contributed by atoms with E-state index in [-0.39, 0.29) is 16.5 Å². The highest BCUT2D eigenvalue weighted by Crippen LogP contribution is 2.20. The number of hydrogen-bond donors (Lipinski definition) is 0. The Balaban J connectivity index is 2.48. The van der Waals surface area contributed by atoms with Gasteiger partial charge in [-0.1, -0.05) is 50.2 Å². The Morgan fingerprint density at radius 3 is 2.44 bits per heavy atom. The van der Waals surface area contributed by atoms with Crippen molar-refractivity contribution in [3.05, 3.63) is 63.8 Å². The average molecular weight is 241 g/mol. The molecule has 0 heterocycles. The number of nitro groups is 1. The maximum atomic E-state index is 10.9. The molecule has 0 aliphatic carbocycles. The summed E-state index contributed by atoms with van der Waals surface area (Å²) < 4.78 is 0. The van der Waals surface area contributed by atoms with Crippen LogP contribution in [0.25, 0.3) is 16.8 Å². The molecule has 0 amide bonds. The number of fused-ring (bicyclic) bond motifs is 1. The molecule has 0 fully saturated rings. The Morgan fingerprint density at radius 2 is 1.83 bits per heavy atom. The lowest BCUT2D eigenvalue weighted by atomic mass is 10.0. The standard InChI is InChI=1S/C15H15NO2/c1-11(2)15(16(17)18)10-12-7-8-13-5-3-4-6-14(13)9-12/h3-11H,1-2H3/b15-10-. The molecule has 0 aromatic heterocycles. The highest BCUT2D eigenvalue weighted by molar-refractivity contribution is 5.84. The summed E-state index contributed by atoms with van der Waals surface area (Å²) in [6, 6.07) is 13.9. The first-order valence-electron chi connectivity index (χ1n) is 5.92. The van der Waals surface area contributed by atoms with E-state index in [2.05, 4.69) is 0 Å². The molecule has 0 N–H and O–H groups in total. The molecule has 0 spiro atoms. The van der Waals surface area contributed by atoms with E-state index in [1.165, 1.54) is 0 Å². The van der Waals surface area contributed by atoms with Crippen molar-refractivity contribution >= 4 is 16.8 Å². The van der Waals surface area contributed by atoms with E-state index in [4.69, 9.17) is 0 Å². The van der Waals surface area contributed by atoms with Crippen LogP contribution in [0, 0.1) is 16.0 Å². The summed E-state index contributed by atoms with van der Waals surface area (Å²) >= 11 is 0. The molecule has 2 rings (SSSR count). The van der Waals surface area contributed by atoms with Gasteiger partial charge in [-0.2, -0.15) is 0 Å². The highest BCUT2D eigenvalue weighted by Gasteiger charge is 2.15. The molecule has 0 bridgehead atoms. The van der Waals surface area contributed by atoms with Crippen LogP contribution in [0.15, 0.2) is 48.2 Å². The van der Waals surface area contributed by atoms with Crippen molar-refractivity contribution in [3.63, 3.8) is 0 Å². The fourth-order valence-electron chi connectivity index (χ4n) is 1.90. The second kappa shape index (κ2) is 5.00. The van der Waals surface area contributed by atoms with Crippen molar-refractivity contribution in [1.82, 2.24) is 0 Å². The van der Waals surface area contributed by atoms with Gasteiger partial charge in [-0.05, 0) is 22.4 Å². The Bertz CT molecular complexity index is 615. The zero-order valence-electron chi connectivity index (χ0n) is 10.5.